The van der Waals surface area contributed by atoms with Crippen LogP contribution in [0.3, 0.4) is 0 Å². The van der Waals surface area contributed by atoms with Crippen molar-refractivity contribution in [2.45, 2.75) is 26.6 Å². The number of para-hydroxylation sites is 1. The highest BCUT2D eigenvalue weighted by atomic mass is 19.4. The van der Waals surface area contributed by atoms with Crippen LogP contribution in [0.15, 0.2) is 30.3 Å². The van der Waals surface area contributed by atoms with Gasteiger partial charge in [0, 0.05) is 11.4 Å². The highest BCUT2D eigenvalue weighted by Gasteiger charge is 2.34. The van der Waals surface area contributed by atoms with Crippen molar-refractivity contribution in [3.05, 3.63) is 52.8 Å². The molecule has 2 rings (SSSR count). The zero-order valence-corrected chi connectivity index (χ0v) is 10.6. The van der Waals surface area contributed by atoms with E-state index >= 15 is 0 Å². The molecule has 1 aromatic carbocycles. The van der Waals surface area contributed by atoms with Crippen LogP contribution >= 0.6 is 0 Å². The first kappa shape index (κ1) is 13.7. The third kappa shape index (κ3) is 2.38. The molecule has 0 aliphatic carbocycles. The minimum Gasteiger partial charge on any atom is -0.392 e. The standard InChI is InChI=1S/C14H14F3NO/c1-9-7-11(8-19)10(2)18(9)13-6-4-3-5-12(13)14(15,16)17/h3-7,19H,8H2,1-2H3. The molecular formula is C14H14F3NO. The fourth-order valence-corrected chi connectivity index (χ4v) is 2.27. The van der Waals surface area contributed by atoms with Crippen LogP contribution < -0.4 is 0 Å². The monoisotopic (exact) mass is 269 g/mol. The minimum absolute atomic E-state index is 0.0877. The van der Waals surface area contributed by atoms with E-state index in [0.29, 0.717) is 17.0 Å². The zero-order valence-electron chi connectivity index (χ0n) is 10.6. The fourth-order valence-electron chi connectivity index (χ4n) is 2.27. The first-order valence-electron chi connectivity index (χ1n) is 5.81. The maximum atomic E-state index is 13.0. The lowest BCUT2D eigenvalue weighted by molar-refractivity contribution is -0.137. The van der Waals surface area contributed by atoms with Gasteiger partial charge in [0.2, 0.25) is 0 Å². The SMILES string of the molecule is Cc1cc(CO)c(C)n1-c1ccccc1C(F)(F)F. The van der Waals surface area contributed by atoms with Gasteiger partial charge in [-0.25, -0.2) is 0 Å². The van der Waals surface area contributed by atoms with Gasteiger partial charge in [-0.15, -0.1) is 0 Å². The summed E-state index contributed by atoms with van der Waals surface area (Å²) in [5, 5.41) is 9.20. The van der Waals surface area contributed by atoms with Crippen molar-refractivity contribution < 1.29 is 18.3 Å². The lowest BCUT2D eigenvalue weighted by Crippen LogP contribution is -2.12. The number of aliphatic hydroxyl groups excluding tert-OH is 1. The number of hydrogen-bond donors (Lipinski definition) is 1. The van der Waals surface area contributed by atoms with Crippen molar-refractivity contribution in [3.8, 4) is 5.69 Å². The normalized spacial score (nSPS) is 11.9. The largest absolute Gasteiger partial charge is 0.418 e. The molecule has 1 heterocycles. The molecule has 0 amide bonds. The van der Waals surface area contributed by atoms with Crippen LogP contribution in [0.25, 0.3) is 5.69 Å². The van der Waals surface area contributed by atoms with Gasteiger partial charge in [0.15, 0.2) is 0 Å². The van der Waals surface area contributed by atoms with E-state index in [4.69, 9.17) is 0 Å². The van der Waals surface area contributed by atoms with E-state index < -0.39 is 11.7 Å². The number of hydrogen-bond acceptors (Lipinski definition) is 1. The summed E-state index contributed by atoms with van der Waals surface area (Å²) in [5.74, 6) is 0. The molecule has 2 aromatic rings. The van der Waals surface area contributed by atoms with Crippen molar-refractivity contribution in [2.24, 2.45) is 0 Å². The van der Waals surface area contributed by atoms with Gasteiger partial charge < -0.3 is 9.67 Å². The van der Waals surface area contributed by atoms with Gasteiger partial charge in [-0.3, -0.25) is 0 Å². The third-order valence-electron chi connectivity index (χ3n) is 3.16. The first-order chi connectivity index (χ1) is 8.86. The summed E-state index contributed by atoms with van der Waals surface area (Å²) in [6, 6.07) is 7.13. The van der Waals surface area contributed by atoms with Gasteiger partial charge >= 0.3 is 6.18 Å². The number of aryl methyl sites for hydroxylation is 1. The summed E-state index contributed by atoms with van der Waals surface area (Å²) >= 11 is 0. The summed E-state index contributed by atoms with van der Waals surface area (Å²) in [7, 11) is 0. The van der Waals surface area contributed by atoms with Gasteiger partial charge in [0.25, 0.3) is 0 Å². The van der Waals surface area contributed by atoms with E-state index in [-0.39, 0.29) is 12.3 Å². The van der Waals surface area contributed by atoms with Crippen LogP contribution in [0, 0.1) is 13.8 Å². The van der Waals surface area contributed by atoms with E-state index in [1.54, 1.807) is 26.0 Å². The van der Waals surface area contributed by atoms with Crippen LogP contribution in [0.5, 0.6) is 0 Å². The van der Waals surface area contributed by atoms with Crippen LogP contribution in [0.2, 0.25) is 0 Å². The van der Waals surface area contributed by atoms with E-state index in [1.165, 1.54) is 16.7 Å². The maximum absolute atomic E-state index is 13.0. The molecule has 0 unspecified atom stereocenters. The Morgan fingerprint density at radius 2 is 1.79 bits per heavy atom. The summed E-state index contributed by atoms with van der Waals surface area (Å²) in [5.41, 5.74) is 1.33. The Bertz CT molecular complexity index is 599. The Morgan fingerprint density at radius 3 is 2.32 bits per heavy atom. The summed E-state index contributed by atoms with van der Waals surface area (Å²) in [6.45, 7) is 3.24. The average molecular weight is 269 g/mol. The van der Waals surface area contributed by atoms with Crippen LogP contribution in [0.4, 0.5) is 13.2 Å². The number of rotatable bonds is 2. The Balaban J connectivity index is 2.70. The molecule has 19 heavy (non-hydrogen) atoms. The summed E-state index contributed by atoms with van der Waals surface area (Å²) in [4.78, 5) is 0. The van der Waals surface area contributed by atoms with Crippen molar-refractivity contribution in [2.75, 3.05) is 0 Å². The molecule has 0 aliphatic rings. The molecule has 0 bridgehead atoms. The van der Waals surface area contributed by atoms with Gasteiger partial charge in [0.05, 0.1) is 17.9 Å². The molecule has 0 saturated carbocycles. The second-order valence-corrected chi connectivity index (χ2v) is 4.40. The van der Waals surface area contributed by atoms with E-state index in [1.807, 2.05) is 0 Å². The summed E-state index contributed by atoms with van der Waals surface area (Å²) < 4.78 is 40.6. The maximum Gasteiger partial charge on any atom is 0.418 e. The lowest BCUT2D eigenvalue weighted by Gasteiger charge is -2.16. The topological polar surface area (TPSA) is 25.2 Å². The number of aromatic nitrogens is 1. The average Bonchev–Trinajstić information content (AvgIpc) is 2.63. The van der Waals surface area contributed by atoms with Crippen molar-refractivity contribution in [3.63, 3.8) is 0 Å². The van der Waals surface area contributed by atoms with Gasteiger partial charge in [-0.2, -0.15) is 13.2 Å². The third-order valence-corrected chi connectivity index (χ3v) is 3.16. The number of nitrogens with zero attached hydrogens (tertiary/aromatic N) is 1. The molecule has 0 aliphatic heterocycles. The predicted octanol–water partition coefficient (Wildman–Crippen LogP) is 3.61. The quantitative estimate of drug-likeness (QED) is 0.885. The van der Waals surface area contributed by atoms with Gasteiger partial charge in [-0.1, -0.05) is 12.1 Å². The van der Waals surface area contributed by atoms with Gasteiger partial charge in [0.1, 0.15) is 0 Å². The molecule has 0 fully saturated rings. The number of halogens is 3. The van der Waals surface area contributed by atoms with E-state index in [0.717, 1.165) is 6.07 Å². The molecule has 2 nitrogen and oxygen atoms in total. The second kappa shape index (κ2) is 4.74. The number of aliphatic hydroxyl groups is 1. The predicted molar refractivity (Wildman–Crippen MR) is 66.2 cm³/mol. The minimum atomic E-state index is -4.40. The molecule has 1 N–H and O–H groups in total. The van der Waals surface area contributed by atoms with Crippen molar-refractivity contribution in [1.82, 2.24) is 4.57 Å². The highest BCUT2D eigenvalue weighted by Crippen LogP contribution is 2.35. The van der Waals surface area contributed by atoms with E-state index in [2.05, 4.69) is 0 Å². The first-order valence-corrected chi connectivity index (χ1v) is 5.81. The van der Waals surface area contributed by atoms with Crippen molar-refractivity contribution >= 4 is 0 Å². The van der Waals surface area contributed by atoms with E-state index in [9.17, 15) is 18.3 Å². The Labute approximate surface area is 109 Å². The van der Waals surface area contributed by atoms with Gasteiger partial charge in [-0.05, 0) is 37.6 Å². The smallest absolute Gasteiger partial charge is 0.392 e. The number of benzene rings is 1. The van der Waals surface area contributed by atoms with Crippen LogP contribution in [0.1, 0.15) is 22.5 Å². The molecular weight excluding hydrogens is 255 g/mol. The van der Waals surface area contributed by atoms with Crippen molar-refractivity contribution in [1.29, 1.82) is 0 Å². The highest BCUT2D eigenvalue weighted by molar-refractivity contribution is 5.47. The van der Waals surface area contributed by atoms with Crippen LogP contribution in [-0.2, 0) is 12.8 Å². The zero-order chi connectivity index (χ0) is 14.2. The molecule has 102 valence electrons. The molecule has 1 aromatic heterocycles. The summed E-state index contributed by atoms with van der Waals surface area (Å²) in [6.07, 6.45) is -4.40. The Morgan fingerprint density at radius 1 is 1.16 bits per heavy atom. The second-order valence-electron chi connectivity index (χ2n) is 4.40. The molecule has 0 spiro atoms. The Kier molecular flexibility index (Phi) is 3.41. The molecule has 5 heteroatoms. The molecule has 0 saturated heterocycles. The van der Waals surface area contributed by atoms with Crippen LogP contribution in [-0.4, -0.2) is 9.67 Å². The number of alkyl halides is 3. The fraction of sp³-hybridized carbons (Fsp3) is 0.286. The molecule has 0 atom stereocenters. The lowest BCUT2D eigenvalue weighted by atomic mass is 10.1. The molecule has 0 radical (unpaired) electrons. The Hall–Kier alpha value is -1.75.